The van der Waals surface area contributed by atoms with Crippen molar-refractivity contribution >= 4 is 5.97 Å². The van der Waals surface area contributed by atoms with E-state index in [1.165, 1.54) is 4.80 Å². The first-order valence-electron chi connectivity index (χ1n) is 4.87. The fourth-order valence-corrected chi connectivity index (χ4v) is 1.36. The minimum absolute atomic E-state index is 0.0869. The Morgan fingerprint density at radius 3 is 2.75 bits per heavy atom. The zero-order valence-corrected chi connectivity index (χ0v) is 8.97. The topological polar surface area (TPSA) is 81.2 Å². The predicted molar refractivity (Wildman–Crippen MR) is 55.1 cm³/mol. The van der Waals surface area contributed by atoms with Gasteiger partial charge in [-0.1, -0.05) is 0 Å². The van der Waals surface area contributed by atoms with Gasteiger partial charge in [0.1, 0.15) is 5.76 Å². The highest BCUT2D eigenvalue weighted by molar-refractivity contribution is 5.91. The van der Waals surface area contributed by atoms with Gasteiger partial charge >= 0.3 is 5.97 Å². The Labute approximate surface area is 91.5 Å². The lowest BCUT2D eigenvalue weighted by Gasteiger charge is -1.91. The molecule has 0 aliphatic carbocycles. The number of aryl methyl sites for hydroxylation is 2. The van der Waals surface area contributed by atoms with Gasteiger partial charge in [0.25, 0.3) is 0 Å². The Hall–Kier alpha value is -2.11. The average Bonchev–Trinajstić information content (AvgIpc) is 2.82. The van der Waals surface area contributed by atoms with Crippen LogP contribution < -0.4 is 0 Å². The van der Waals surface area contributed by atoms with E-state index in [2.05, 4.69) is 10.2 Å². The zero-order chi connectivity index (χ0) is 11.7. The number of carboxylic acids is 1. The number of hydrogen-bond acceptors (Lipinski definition) is 4. The van der Waals surface area contributed by atoms with Crippen LogP contribution in [0.3, 0.4) is 0 Å². The summed E-state index contributed by atoms with van der Waals surface area (Å²) in [6.45, 7) is 4.14. The van der Waals surface area contributed by atoms with E-state index < -0.39 is 5.97 Å². The third-order valence-electron chi connectivity index (χ3n) is 2.11. The fourth-order valence-electron chi connectivity index (χ4n) is 1.36. The Kier molecular flexibility index (Phi) is 2.47. The minimum atomic E-state index is -1.11. The molecule has 0 unspecified atom stereocenters. The van der Waals surface area contributed by atoms with Gasteiger partial charge in [-0.2, -0.15) is 4.80 Å². The van der Waals surface area contributed by atoms with E-state index in [1.807, 2.05) is 6.92 Å². The molecular formula is C10H11N3O3. The molecule has 0 radical (unpaired) electrons. The van der Waals surface area contributed by atoms with Crippen LogP contribution in [0.4, 0.5) is 0 Å². The maximum absolute atomic E-state index is 11.0. The molecule has 0 aliphatic rings. The summed E-state index contributed by atoms with van der Waals surface area (Å²) in [5.41, 5.74) is 0.179. The van der Waals surface area contributed by atoms with Crippen LogP contribution in [-0.4, -0.2) is 26.1 Å². The highest BCUT2D eigenvalue weighted by Gasteiger charge is 2.21. The monoisotopic (exact) mass is 221 g/mol. The van der Waals surface area contributed by atoms with Gasteiger partial charge in [0.05, 0.1) is 6.54 Å². The number of aromatic nitrogens is 3. The van der Waals surface area contributed by atoms with Crippen molar-refractivity contribution in [3.8, 4) is 11.5 Å². The molecule has 2 aromatic rings. The maximum atomic E-state index is 11.0. The molecular weight excluding hydrogens is 210 g/mol. The SMILES string of the molecule is CCn1nc(C(=O)O)c(-c2ccc(C)o2)n1. The first kappa shape index (κ1) is 10.4. The van der Waals surface area contributed by atoms with Gasteiger partial charge in [-0.25, -0.2) is 4.79 Å². The zero-order valence-electron chi connectivity index (χ0n) is 8.97. The van der Waals surface area contributed by atoms with Crippen molar-refractivity contribution in [1.29, 1.82) is 0 Å². The van der Waals surface area contributed by atoms with Gasteiger partial charge in [0, 0.05) is 0 Å². The Balaban J connectivity index is 2.54. The van der Waals surface area contributed by atoms with E-state index in [9.17, 15) is 4.79 Å². The number of furan rings is 1. The van der Waals surface area contributed by atoms with Crippen molar-refractivity contribution in [3.63, 3.8) is 0 Å². The van der Waals surface area contributed by atoms with Crippen molar-refractivity contribution < 1.29 is 14.3 Å². The highest BCUT2D eigenvalue weighted by atomic mass is 16.4. The van der Waals surface area contributed by atoms with Gasteiger partial charge in [-0.3, -0.25) is 0 Å². The van der Waals surface area contributed by atoms with Crippen LogP contribution in [0.1, 0.15) is 23.2 Å². The third-order valence-corrected chi connectivity index (χ3v) is 2.11. The molecule has 0 aromatic carbocycles. The summed E-state index contributed by atoms with van der Waals surface area (Å²) in [7, 11) is 0. The molecule has 1 N–H and O–H groups in total. The van der Waals surface area contributed by atoms with Crippen LogP contribution in [0.5, 0.6) is 0 Å². The molecule has 2 aromatic heterocycles. The third kappa shape index (κ3) is 1.69. The molecule has 0 spiro atoms. The van der Waals surface area contributed by atoms with Crippen molar-refractivity contribution in [2.75, 3.05) is 0 Å². The largest absolute Gasteiger partial charge is 0.476 e. The summed E-state index contributed by atoms with van der Waals surface area (Å²) in [5.74, 6) is 0.0238. The lowest BCUT2D eigenvalue weighted by Crippen LogP contribution is -2.02. The van der Waals surface area contributed by atoms with Crippen LogP contribution in [0.15, 0.2) is 16.5 Å². The quantitative estimate of drug-likeness (QED) is 0.850. The second kappa shape index (κ2) is 3.80. The number of aromatic carboxylic acids is 1. The van der Waals surface area contributed by atoms with Gasteiger partial charge < -0.3 is 9.52 Å². The standard InChI is InChI=1S/C10H11N3O3/c1-3-13-11-8(9(12-13)10(14)15)7-5-4-6(2)16-7/h4-5H,3H2,1-2H3,(H,14,15). The number of carboxylic acid groups (broad SMARTS) is 1. The molecule has 2 rings (SSSR count). The average molecular weight is 221 g/mol. The lowest BCUT2D eigenvalue weighted by atomic mass is 10.2. The molecule has 0 fully saturated rings. The lowest BCUT2D eigenvalue weighted by molar-refractivity contribution is 0.0690. The van der Waals surface area contributed by atoms with Crippen LogP contribution >= 0.6 is 0 Å². The first-order valence-corrected chi connectivity index (χ1v) is 4.87. The summed E-state index contributed by atoms with van der Waals surface area (Å²) in [6.07, 6.45) is 0. The highest BCUT2D eigenvalue weighted by Crippen LogP contribution is 2.22. The number of nitrogens with zero attached hydrogens (tertiary/aromatic N) is 3. The predicted octanol–water partition coefficient (Wildman–Crippen LogP) is 1.56. The van der Waals surface area contributed by atoms with Crippen LogP contribution in [0.2, 0.25) is 0 Å². The van der Waals surface area contributed by atoms with Crippen LogP contribution in [0, 0.1) is 6.92 Å². The summed E-state index contributed by atoms with van der Waals surface area (Å²) >= 11 is 0. The Bertz CT molecular complexity index is 527. The molecule has 0 bridgehead atoms. The van der Waals surface area contributed by atoms with E-state index in [1.54, 1.807) is 19.1 Å². The molecule has 0 saturated heterocycles. The second-order valence-electron chi connectivity index (χ2n) is 3.30. The molecule has 2 heterocycles. The summed E-state index contributed by atoms with van der Waals surface area (Å²) < 4.78 is 5.34. The molecule has 84 valence electrons. The molecule has 0 aliphatic heterocycles. The molecule has 0 saturated carbocycles. The Morgan fingerprint density at radius 2 is 2.25 bits per heavy atom. The van der Waals surface area contributed by atoms with E-state index in [0.29, 0.717) is 18.1 Å². The van der Waals surface area contributed by atoms with Crippen LogP contribution in [0.25, 0.3) is 11.5 Å². The van der Waals surface area contributed by atoms with Crippen LogP contribution in [-0.2, 0) is 6.54 Å². The van der Waals surface area contributed by atoms with Gasteiger partial charge in [-0.05, 0) is 26.0 Å². The molecule has 6 heteroatoms. The summed E-state index contributed by atoms with van der Waals surface area (Å²) in [6, 6.07) is 3.44. The van der Waals surface area contributed by atoms with E-state index in [-0.39, 0.29) is 11.4 Å². The molecule has 16 heavy (non-hydrogen) atoms. The smallest absolute Gasteiger partial charge is 0.358 e. The fraction of sp³-hybridized carbons (Fsp3) is 0.300. The Morgan fingerprint density at radius 1 is 1.50 bits per heavy atom. The van der Waals surface area contributed by atoms with Gasteiger partial charge in [0.2, 0.25) is 5.69 Å². The summed E-state index contributed by atoms with van der Waals surface area (Å²) in [4.78, 5) is 12.3. The van der Waals surface area contributed by atoms with Crippen molar-refractivity contribution in [2.24, 2.45) is 0 Å². The molecule has 0 atom stereocenters. The second-order valence-corrected chi connectivity index (χ2v) is 3.30. The van der Waals surface area contributed by atoms with Crippen molar-refractivity contribution in [3.05, 3.63) is 23.6 Å². The summed E-state index contributed by atoms with van der Waals surface area (Å²) in [5, 5.41) is 16.9. The van der Waals surface area contributed by atoms with E-state index in [0.717, 1.165) is 0 Å². The maximum Gasteiger partial charge on any atom is 0.358 e. The number of hydrogen-bond donors (Lipinski definition) is 1. The van der Waals surface area contributed by atoms with Crippen molar-refractivity contribution in [2.45, 2.75) is 20.4 Å². The molecule has 6 nitrogen and oxygen atoms in total. The molecule has 0 amide bonds. The first-order chi connectivity index (χ1) is 7.61. The van der Waals surface area contributed by atoms with Crippen molar-refractivity contribution in [1.82, 2.24) is 15.0 Å². The normalized spacial score (nSPS) is 10.6. The van der Waals surface area contributed by atoms with E-state index >= 15 is 0 Å². The number of carbonyl (C=O) groups is 1. The van der Waals surface area contributed by atoms with Gasteiger partial charge in [0.15, 0.2) is 11.5 Å². The van der Waals surface area contributed by atoms with E-state index in [4.69, 9.17) is 9.52 Å². The number of rotatable bonds is 3. The minimum Gasteiger partial charge on any atom is -0.476 e. The van der Waals surface area contributed by atoms with Gasteiger partial charge in [-0.15, -0.1) is 10.2 Å².